The molecule has 92 valence electrons. The zero-order valence-electron chi connectivity index (χ0n) is 9.93. The molecule has 1 aromatic rings. The maximum Gasteiger partial charge on any atom is 0.329 e. The van der Waals surface area contributed by atoms with Crippen molar-refractivity contribution in [2.24, 2.45) is 0 Å². The molecule has 0 aliphatic carbocycles. The van der Waals surface area contributed by atoms with Crippen LogP contribution < -0.4 is 4.90 Å². The predicted molar refractivity (Wildman–Crippen MR) is 65.4 cm³/mol. The summed E-state index contributed by atoms with van der Waals surface area (Å²) in [5.41, 5.74) is 2.42. The van der Waals surface area contributed by atoms with Crippen molar-refractivity contribution in [3.05, 3.63) is 29.8 Å². The number of anilines is 1. The topological polar surface area (TPSA) is 49.8 Å². The van der Waals surface area contributed by atoms with Gasteiger partial charge in [0.1, 0.15) is 6.61 Å². The first-order valence-electron chi connectivity index (χ1n) is 5.80. The van der Waals surface area contributed by atoms with Gasteiger partial charge in [-0.1, -0.05) is 12.1 Å². The van der Waals surface area contributed by atoms with Crippen LogP contribution in [-0.4, -0.2) is 36.9 Å². The van der Waals surface area contributed by atoms with E-state index in [2.05, 4.69) is 30.0 Å². The minimum atomic E-state index is -0.904. The van der Waals surface area contributed by atoms with Gasteiger partial charge in [-0.2, -0.15) is 0 Å². The highest BCUT2D eigenvalue weighted by Crippen LogP contribution is 2.22. The molecule has 17 heavy (non-hydrogen) atoms. The molecular weight excluding hydrogens is 218 g/mol. The van der Waals surface area contributed by atoms with E-state index in [0.29, 0.717) is 0 Å². The van der Waals surface area contributed by atoms with Crippen molar-refractivity contribution in [2.45, 2.75) is 19.4 Å². The van der Waals surface area contributed by atoms with Gasteiger partial charge >= 0.3 is 5.97 Å². The Bertz CT molecular complexity index is 405. The molecule has 4 nitrogen and oxygen atoms in total. The van der Waals surface area contributed by atoms with Crippen LogP contribution in [0.2, 0.25) is 0 Å². The average molecular weight is 235 g/mol. The Morgan fingerprint density at radius 3 is 3.12 bits per heavy atom. The lowest BCUT2D eigenvalue weighted by atomic mass is 10.2. The van der Waals surface area contributed by atoms with Crippen LogP contribution in [0.5, 0.6) is 0 Å². The summed E-state index contributed by atoms with van der Waals surface area (Å²) in [5.74, 6) is -0.904. The molecule has 1 aromatic carbocycles. The quantitative estimate of drug-likeness (QED) is 0.862. The molecule has 1 saturated heterocycles. The number of carboxylic acids is 1. The van der Waals surface area contributed by atoms with Gasteiger partial charge in [0.15, 0.2) is 0 Å². The Morgan fingerprint density at radius 2 is 2.41 bits per heavy atom. The molecule has 1 heterocycles. The van der Waals surface area contributed by atoms with E-state index in [1.54, 1.807) is 0 Å². The Balaban J connectivity index is 1.91. The molecule has 1 atom stereocenters. The predicted octanol–water partition coefficient (Wildman–Crippen LogP) is 1.67. The molecule has 0 bridgehead atoms. The molecule has 1 fully saturated rings. The molecule has 0 aromatic heterocycles. The highest BCUT2D eigenvalue weighted by atomic mass is 16.5. The molecule has 0 saturated carbocycles. The summed E-state index contributed by atoms with van der Waals surface area (Å²) in [4.78, 5) is 12.6. The normalized spacial score (nSPS) is 19.6. The number of carboxylic acid groups (broad SMARTS) is 1. The molecule has 2 rings (SSSR count). The van der Waals surface area contributed by atoms with Crippen LogP contribution in [0, 0.1) is 6.92 Å². The number of aliphatic carboxylic acids is 1. The van der Waals surface area contributed by atoms with E-state index in [1.165, 1.54) is 11.3 Å². The third kappa shape index (κ3) is 3.20. The van der Waals surface area contributed by atoms with E-state index in [0.717, 1.165) is 19.5 Å². The number of hydrogen-bond donors (Lipinski definition) is 1. The fraction of sp³-hybridized carbons (Fsp3) is 0.462. The lowest BCUT2D eigenvalue weighted by Crippen LogP contribution is -2.24. The van der Waals surface area contributed by atoms with Crippen LogP contribution in [0.4, 0.5) is 5.69 Å². The SMILES string of the molecule is Cc1cccc(N2CCC(OCC(=O)O)C2)c1. The maximum atomic E-state index is 10.4. The number of hydrogen-bond acceptors (Lipinski definition) is 3. The van der Waals surface area contributed by atoms with Gasteiger partial charge in [-0.05, 0) is 31.0 Å². The van der Waals surface area contributed by atoms with Gasteiger partial charge in [-0.3, -0.25) is 0 Å². The molecular formula is C13H17NO3. The molecule has 0 spiro atoms. The summed E-state index contributed by atoms with van der Waals surface area (Å²) in [6.07, 6.45) is 0.924. The lowest BCUT2D eigenvalue weighted by molar-refractivity contribution is -0.143. The molecule has 4 heteroatoms. The first kappa shape index (κ1) is 11.9. The van der Waals surface area contributed by atoms with Crippen molar-refractivity contribution >= 4 is 11.7 Å². The number of nitrogens with zero attached hydrogens (tertiary/aromatic N) is 1. The summed E-state index contributed by atoms with van der Waals surface area (Å²) in [5, 5.41) is 8.55. The van der Waals surface area contributed by atoms with E-state index < -0.39 is 5.97 Å². The number of rotatable bonds is 4. The van der Waals surface area contributed by atoms with E-state index >= 15 is 0 Å². The highest BCUT2D eigenvalue weighted by Gasteiger charge is 2.23. The van der Waals surface area contributed by atoms with E-state index in [4.69, 9.17) is 9.84 Å². The summed E-state index contributed by atoms with van der Waals surface area (Å²) in [6, 6.07) is 8.32. The maximum absolute atomic E-state index is 10.4. The highest BCUT2D eigenvalue weighted by molar-refractivity contribution is 5.68. The zero-order valence-corrected chi connectivity index (χ0v) is 9.93. The molecule has 0 amide bonds. The zero-order chi connectivity index (χ0) is 12.3. The van der Waals surface area contributed by atoms with Crippen molar-refractivity contribution in [1.82, 2.24) is 0 Å². The average Bonchev–Trinajstić information content (AvgIpc) is 2.75. The van der Waals surface area contributed by atoms with E-state index in [-0.39, 0.29) is 12.7 Å². The van der Waals surface area contributed by atoms with Gasteiger partial charge in [-0.25, -0.2) is 4.79 Å². The fourth-order valence-corrected chi connectivity index (χ4v) is 2.11. The van der Waals surface area contributed by atoms with E-state index in [1.807, 2.05) is 6.07 Å². The summed E-state index contributed by atoms with van der Waals surface area (Å²) < 4.78 is 5.31. The van der Waals surface area contributed by atoms with Crippen LogP contribution in [0.25, 0.3) is 0 Å². The second-order valence-electron chi connectivity index (χ2n) is 4.40. The van der Waals surface area contributed by atoms with E-state index in [9.17, 15) is 4.79 Å². The molecule has 0 radical (unpaired) electrons. The number of benzene rings is 1. The smallest absolute Gasteiger partial charge is 0.329 e. The standard InChI is InChI=1S/C13H17NO3/c1-10-3-2-4-11(7-10)14-6-5-12(8-14)17-9-13(15)16/h2-4,7,12H,5-6,8-9H2,1H3,(H,15,16). The van der Waals surface area contributed by atoms with Crippen molar-refractivity contribution in [2.75, 3.05) is 24.6 Å². The molecule has 1 unspecified atom stereocenters. The molecule has 1 aliphatic rings. The summed E-state index contributed by atoms with van der Waals surface area (Å²) >= 11 is 0. The Kier molecular flexibility index (Phi) is 3.64. The van der Waals surface area contributed by atoms with Crippen LogP contribution in [0.1, 0.15) is 12.0 Å². The second-order valence-corrected chi connectivity index (χ2v) is 4.40. The van der Waals surface area contributed by atoms with Crippen LogP contribution in [0.3, 0.4) is 0 Å². The minimum Gasteiger partial charge on any atom is -0.480 e. The van der Waals surface area contributed by atoms with Gasteiger partial charge in [0, 0.05) is 18.8 Å². The monoisotopic (exact) mass is 235 g/mol. The Hall–Kier alpha value is -1.55. The van der Waals surface area contributed by atoms with Crippen molar-refractivity contribution < 1.29 is 14.6 Å². The minimum absolute atomic E-state index is 0.0339. The first-order chi connectivity index (χ1) is 8.15. The van der Waals surface area contributed by atoms with Gasteiger partial charge in [0.25, 0.3) is 0 Å². The molecule has 1 N–H and O–H groups in total. The number of ether oxygens (including phenoxy) is 1. The van der Waals surface area contributed by atoms with Crippen molar-refractivity contribution in [3.63, 3.8) is 0 Å². The third-order valence-corrected chi connectivity index (χ3v) is 2.95. The summed E-state index contributed by atoms with van der Waals surface area (Å²) in [7, 11) is 0. The van der Waals surface area contributed by atoms with Gasteiger partial charge < -0.3 is 14.7 Å². The first-order valence-corrected chi connectivity index (χ1v) is 5.80. The van der Waals surface area contributed by atoms with Gasteiger partial charge in [0.05, 0.1) is 6.10 Å². The number of aryl methyl sites for hydroxylation is 1. The lowest BCUT2D eigenvalue weighted by Gasteiger charge is -2.18. The van der Waals surface area contributed by atoms with Crippen LogP contribution in [0.15, 0.2) is 24.3 Å². The van der Waals surface area contributed by atoms with Crippen molar-refractivity contribution in [1.29, 1.82) is 0 Å². The fourth-order valence-electron chi connectivity index (χ4n) is 2.11. The Labute approximate surface area is 101 Å². The van der Waals surface area contributed by atoms with Crippen LogP contribution >= 0.6 is 0 Å². The Morgan fingerprint density at radius 1 is 1.59 bits per heavy atom. The third-order valence-electron chi connectivity index (χ3n) is 2.95. The molecule has 1 aliphatic heterocycles. The summed E-state index contributed by atoms with van der Waals surface area (Å²) in [6.45, 7) is 3.56. The largest absolute Gasteiger partial charge is 0.480 e. The van der Waals surface area contributed by atoms with Crippen molar-refractivity contribution in [3.8, 4) is 0 Å². The van der Waals surface area contributed by atoms with Gasteiger partial charge in [0.2, 0.25) is 0 Å². The second kappa shape index (κ2) is 5.19. The van der Waals surface area contributed by atoms with Gasteiger partial charge in [-0.15, -0.1) is 0 Å². The van der Waals surface area contributed by atoms with Crippen LogP contribution in [-0.2, 0) is 9.53 Å². The number of carbonyl (C=O) groups is 1.